The van der Waals surface area contributed by atoms with E-state index in [1.165, 1.54) is 37.3 Å². The van der Waals surface area contributed by atoms with Gasteiger partial charge in [0.1, 0.15) is 23.0 Å². The quantitative estimate of drug-likeness (QED) is 0.157. The van der Waals surface area contributed by atoms with E-state index in [0.29, 0.717) is 35.8 Å². The Morgan fingerprint density at radius 2 is 2.13 bits per heavy atom. The number of anilines is 1. The molecular weight excluding hydrogens is 526 g/mol. The van der Waals surface area contributed by atoms with Crippen LogP contribution in [0.4, 0.5) is 14.6 Å². The number of rotatable bonds is 9. The maximum absolute atomic E-state index is 13.7. The van der Waals surface area contributed by atoms with Gasteiger partial charge in [0.2, 0.25) is 5.91 Å². The smallest absolute Gasteiger partial charge is 0.261 e. The van der Waals surface area contributed by atoms with E-state index in [2.05, 4.69) is 32.9 Å². The van der Waals surface area contributed by atoms with Crippen molar-refractivity contribution in [1.29, 1.82) is 0 Å². The number of nitrogens with two attached hydrogens (primary N) is 1. The topological polar surface area (TPSA) is 122 Å². The van der Waals surface area contributed by atoms with Gasteiger partial charge in [0.25, 0.3) is 12.3 Å². The number of pyridine rings is 1. The van der Waals surface area contributed by atoms with Crippen LogP contribution in [0.3, 0.4) is 0 Å². The van der Waals surface area contributed by atoms with Crippen molar-refractivity contribution in [2.45, 2.75) is 68.7 Å². The van der Waals surface area contributed by atoms with Gasteiger partial charge in [-0.2, -0.15) is 0 Å². The first-order valence-electron chi connectivity index (χ1n) is 13.1. The van der Waals surface area contributed by atoms with E-state index in [0.717, 1.165) is 32.1 Å². The summed E-state index contributed by atoms with van der Waals surface area (Å²) in [6.45, 7) is 2.30. The van der Waals surface area contributed by atoms with E-state index < -0.39 is 18.4 Å². The zero-order valence-electron chi connectivity index (χ0n) is 22.0. The third-order valence-electron chi connectivity index (χ3n) is 6.61. The molecule has 2 fully saturated rings. The number of amides is 2. The maximum Gasteiger partial charge on any atom is 0.261 e. The number of dihydropyridines is 1. The highest BCUT2D eigenvalue weighted by molar-refractivity contribution is 8.00. The van der Waals surface area contributed by atoms with Gasteiger partial charge in [-0.25, -0.2) is 19.2 Å². The fourth-order valence-corrected chi connectivity index (χ4v) is 5.15. The Morgan fingerprint density at radius 3 is 2.82 bits per heavy atom. The molecule has 9 nitrogen and oxygen atoms in total. The number of allylic oxidation sites excluding steroid dienone is 1. The van der Waals surface area contributed by atoms with Crippen LogP contribution in [0.25, 0.3) is 5.57 Å². The number of nitrogens with zero attached hydrogens (tertiary/aromatic N) is 2. The summed E-state index contributed by atoms with van der Waals surface area (Å²) in [7, 11) is 1.42. The Balaban J connectivity index is 1.66. The van der Waals surface area contributed by atoms with Crippen molar-refractivity contribution in [1.82, 2.24) is 21.0 Å². The van der Waals surface area contributed by atoms with Crippen LogP contribution >= 0.6 is 11.8 Å². The van der Waals surface area contributed by atoms with Crippen molar-refractivity contribution >= 4 is 35.0 Å². The number of aromatic nitrogens is 1. The predicted molar refractivity (Wildman–Crippen MR) is 147 cm³/mol. The molecule has 3 aliphatic rings. The molecular formula is C27H34F2N6O3S. The second kappa shape index (κ2) is 13.3. The molecule has 1 aliphatic carbocycles. The lowest BCUT2D eigenvalue weighted by Crippen LogP contribution is -2.38. The lowest BCUT2D eigenvalue weighted by molar-refractivity contribution is -0.118. The third-order valence-corrected chi connectivity index (χ3v) is 7.66. The largest absolute Gasteiger partial charge is 0.495 e. The number of alkyl halides is 2. The molecule has 0 aromatic carbocycles. The Kier molecular flexibility index (Phi) is 9.83. The van der Waals surface area contributed by atoms with Gasteiger partial charge in [-0.05, 0) is 44.7 Å². The summed E-state index contributed by atoms with van der Waals surface area (Å²) in [5, 5.41) is 4.77. The van der Waals surface area contributed by atoms with E-state index in [1.807, 2.05) is 0 Å². The van der Waals surface area contributed by atoms with Crippen LogP contribution in [-0.2, 0) is 9.53 Å². The van der Waals surface area contributed by atoms with Crippen LogP contribution < -0.4 is 26.8 Å². The molecule has 1 saturated heterocycles. The van der Waals surface area contributed by atoms with E-state index >= 15 is 0 Å². The van der Waals surface area contributed by atoms with E-state index in [9.17, 15) is 18.4 Å². The Hall–Kier alpha value is -3.14. The van der Waals surface area contributed by atoms with Gasteiger partial charge < -0.3 is 15.4 Å². The van der Waals surface area contributed by atoms with Gasteiger partial charge in [0.15, 0.2) is 0 Å². The average molecular weight is 561 g/mol. The average Bonchev–Trinajstić information content (AvgIpc) is 3.78. The van der Waals surface area contributed by atoms with Crippen molar-refractivity contribution in [3.63, 3.8) is 0 Å². The van der Waals surface area contributed by atoms with Gasteiger partial charge in [0.05, 0.1) is 18.0 Å². The summed E-state index contributed by atoms with van der Waals surface area (Å²) >= 11 is 1.34. The predicted octanol–water partition coefficient (Wildman–Crippen LogP) is 3.11. The molecule has 0 spiro atoms. The van der Waals surface area contributed by atoms with Crippen LogP contribution in [0.5, 0.6) is 0 Å². The molecule has 12 heteroatoms. The highest BCUT2D eigenvalue weighted by Crippen LogP contribution is 2.33. The summed E-state index contributed by atoms with van der Waals surface area (Å²) in [6.07, 6.45) is 6.52. The summed E-state index contributed by atoms with van der Waals surface area (Å²) in [6, 6.07) is 0.329. The molecule has 3 unspecified atom stereocenters. The number of nitrogens with one attached hydrogen (secondary N) is 3. The third kappa shape index (κ3) is 7.50. The molecule has 39 heavy (non-hydrogen) atoms. The minimum Gasteiger partial charge on any atom is -0.495 e. The lowest BCUT2D eigenvalue weighted by atomic mass is 9.95. The number of carbonyl (C=O) groups excluding carboxylic acids is 2. The minimum absolute atomic E-state index is 0.0620. The van der Waals surface area contributed by atoms with Crippen molar-refractivity contribution in [2.24, 2.45) is 11.8 Å². The number of methoxy groups -OCH3 is 1. The summed E-state index contributed by atoms with van der Waals surface area (Å²) in [5.41, 5.74) is 3.47. The Morgan fingerprint density at radius 1 is 1.33 bits per heavy atom. The lowest BCUT2D eigenvalue weighted by Gasteiger charge is -2.26. The first kappa shape index (κ1) is 28.9. The molecule has 1 aromatic rings. The van der Waals surface area contributed by atoms with Gasteiger partial charge in [-0.15, -0.1) is 11.8 Å². The Bertz CT molecular complexity index is 1190. The van der Waals surface area contributed by atoms with Crippen molar-refractivity contribution in [2.75, 3.05) is 18.6 Å². The minimum atomic E-state index is -2.69. The number of halogens is 2. The first-order valence-corrected chi connectivity index (χ1v) is 14.0. The normalized spacial score (nSPS) is 21.0. The second-order valence-corrected chi connectivity index (χ2v) is 11.1. The highest BCUT2D eigenvalue weighted by atomic mass is 32.2. The van der Waals surface area contributed by atoms with Crippen LogP contribution in [0.1, 0.15) is 61.4 Å². The zero-order chi connectivity index (χ0) is 27.9. The van der Waals surface area contributed by atoms with Crippen molar-refractivity contribution < 1.29 is 23.1 Å². The summed E-state index contributed by atoms with van der Waals surface area (Å²) in [4.78, 5) is 32.3. The molecule has 210 valence electrons. The van der Waals surface area contributed by atoms with E-state index in [-0.39, 0.29) is 28.0 Å². The van der Waals surface area contributed by atoms with Crippen molar-refractivity contribution in [3.05, 3.63) is 41.4 Å². The van der Waals surface area contributed by atoms with E-state index in [4.69, 9.17) is 10.6 Å². The number of ether oxygens (including phenoxy) is 1. The zero-order valence-corrected chi connectivity index (χ0v) is 22.8. The molecule has 0 bridgehead atoms. The second-order valence-electron chi connectivity index (χ2n) is 9.63. The molecule has 5 N–H and O–H groups in total. The molecule has 2 aliphatic heterocycles. The van der Waals surface area contributed by atoms with Crippen LogP contribution in [0.2, 0.25) is 0 Å². The molecule has 4 rings (SSSR count). The van der Waals surface area contributed by atoms with Crippen LogP contribution in [-0.4, -0.2) is 53.7 Å². The molecule has 2 amide bonds. The van der Waals surface area contributed by atoms with Gasteiger partial charge in [0, 0.05) is 42.4 Å². The molecule has 3 heterocycles. The number of hydrazine groups is 1. The van der Waals surface area contributed by atoms with E-state index in [1.54, 1.807) is 17.9 Å². The van der Waals surface area contributed by atoms with Crippen molar-refractivity contribution in [3.8, 4) is 11.8 Å². The molecule has 1 saturated carbocycles. The van der Waals surface area contributed by atoms with Crippen LogP contribution in [0.15, 0.2) is 30.3 Å². The first-order chi connectivity index (χ1) is 18.8. The molecule has 1 aromatic heterocycles. The monoisotopic (exact) mass is 560 g/mol. The van der Waals surface area contributed by atoms with Gasteiger partial charge in [-0.3, -0.25) is 20.3 Å². The highest BCUT2D eigenvalue weighted by Gasteiger charge is 2.29. The summed E-state index contributed by atoms with van der Waals surface area (Å²) in [5.74, 6) is 12.4. The molecule has 0 radical (unpaired) electrons. The van der Waals surface area contributed by atoms with Gasteiger partial charge in [-0.1, -0.05) is 18.3 Å². The fraction of sp³-hybridized carbons (Fsp3) is 0.519. The Labute approximate surface area is 231 Å². The standard InChI is InChI=1S/C27H34F2N6O3S/c1-16(39-24(34-30)10-9-17-7-8-17)33-27(37)20-14-32-23(35-11-5-3-4-6-25(35)36)13-18(20)19-12-21(26(28)29)31-15-22(19)38-2/h12-17,21,24,26,31,34H,3-8,11,30H2,1-2H3,(H,33,37). The number of hydrogen-bond acceptors (Lipinski definition) is 8. The molecule has 3 atom stereocenters. The number of hydrogen-bond donors (Lipinski definition) is 4. The number of thioether (sulfide) groups is 1. The SMILES string of the molecule is COC1=CNC(C(F)F)C=C1c1cc(N2CCCCCC2=O)ncc1C(=O)NC(C)SC(C#CC1CC1)NN. The van der Waals surface area contributed by atoms with Crippen LogP contribution in [0, 0.1) is 17.8 Å². The number of carbonyl (C=O) groups is 2. The maximum atomic E-state index is 13.7. The fourth-order valence-electron chi connectivity index (χ4n) is 4.35. The van der Waals surface area contributed by atoms with Gasteiger partial charge >= 0.3 is 0 Å². The summed E-state index contributed by atoms with van der Waals surface area (Å²) < 4.78 is 32.8.